The molecule has 0 spiro atoms. The average molecular weight is 316 g/mol. The van der Waals surface area contributed by atoms with E-state index in [1.807, 2.05) is 24.3 Å². The molecule has 0 unspecified atom stereocenters. The Morgan fingerprint density at radius 3 is 2.05 bits per heavy atom. The molecule has 0 radical (unpaired) electrons. The third-order valence-electron chi connectivity index (χ3n) is 3.96. The van der Waals surface area contributed by atoms with Gasteiger partial charge in [-0.15, -0.1) is 0 Å². The summed E-state index contributed by atoms with van der Waals surface area (Å²) in [6.07, 6.45) is 0.834. The Balaban J connectivity index is 1.76. The zero-order chi connectivity index (χ0) is 15.4. The van der Waals surface area contributed by atoms with Crippen LogP contribution in [0.2, 0.25) is 0 Å². The second kappa shape index (κ2) is 6.50. The van der Waals surface area contributed by atoms with Gasteiger partial charge in [-0.1, -0.05) is 36.4 Å². The Labute approximate surface area is 132 Å². The van der Waals surface area contributed by atoms with E-state index in [4.69, 9.17) is 0 Å². The molecule has 0 aromatic heterocycles. The minimum absolute atomic E-state index is 0.378. The first-order chi connectivity index (χ1) is 10.7. The summed E-state index contributed by atoms with van der Waals surface area (Å²) < 4.78 is 27.0. The van der Waals surface area contributed by atoms with E-state index >= 15 is 0 Å². The van der Waals surface area contributed by atoms with E-state index in [-0.39, 0.29) is 0 Å². The van der Waals surface area contributed by atoms with Crippen molar-refractivity contribution in [1.82, 2.24) is 4.31 Å². The third-order valence-corrected chi connectivity index (χ3v) is 5.87. The number of para-hydroxylation sites is 1. The van der Waals surface area contributed by atoms with E-state index in [9.17, 15) is 8.42 Å². The molecule has 5 heteroatoms. The number of rotatable bonds is 3. The average Bonchev–Trinajstić information content (AvgIpc) is 2.83. The summed E-state index contributed by atoms with van der Waals surface area (Å²) in [6, 6.07) is 18.8. The van der Waals surface area contributed by atoms with Crippen LogP contribution in [0.25, 0.3) is 0 Å². The molecule has 0 atom stereocenters. The van der Waals surface area contributed by atoms with E-state index < -0.39 is 10.0 Å². The van der Waals surface area contributed by atoms with E-state index in [1.54, 1.807) is 28.6 Å². The minimum Gasteiger partial charge on any atom is -0.370 e. The molecule has 0 saturated carbocycles. The first-order valence-corrected chi connectivity index (χ1v) is 8.97. The summed E-state index contributed by atoms with van der Waals surface area (Å²) in [7, 11) is -3.38. The molecule has 1 fully saturated rings. The number of anilines is 1. The van der Waals surface area contributed by atoms with Gasteiger partial charge in [-0.2, -0.15) is 4.31 Å². The second-order valence-electron chi connectivity index (χ2n) is 5.39. The highest BCUT2D eigenvalue weighted by atomic mass is 32.2. The predicted octanol–water partition coefficient (Wildman–Crippen LogP) is 2.59. The lowest BCUT2D eigenvalue weighted by Crippen LogP contribution is -2.35. The van der Waals surface area contributed by atoms with Crippen molar-refractivity contribution in [1.29, 1.82) is 0 Å². The Hall–Kier alpha value is -1.85. The molecule has 1 heterocycles. The molecule has 22 heavy (non-hydrogen) atoms. The molecular formula is C17H20N2O2S. The summed E-state index contributed by atoms with van der Waals surface area (Å²) in [5.74, 6) is 0. The van der Waals surface area contributed by atoms with Crippen molar-refractivity contribution in [3.8, 4) is 0 Å². The molecule has 0 amide bonds. The number of nitrogens with zero attached hydrogens (tertiary/aromatic N) is 2. The SMILES string of the molecule is O=S(=O)(c1ccccc1)N1CCCN(c2ccccc2)CC1. The molecule has 0 bridgehead atoms. The Kier molecular flexibility index (Phi) is 4.45. The number of benzene rings is 2. The normalized spacial score (nSPS) is 17.2. The van der Waals surface area contributed by atoms with Crippen LogP contribution in [0.4, 0.5) is 5.69 Å². The maximum atomic E-state index is 12.7. The zero-order valence-corrected chi connectivity index (χ0v) is 13.2. The fourth-order valence-corrected chi connectivity index (χ4v) is 4.26. The minimum atomic E-state index is -3.38. The summed E-state index contributed by atoms with van der Waals surface area (Å²) in [4.78, 5) is 2.63. The van der Waals surface area contributed by atoms with Crippen LogP contribution in [-0.2, 0) is 10.0 Å². The van der Waals surface area contributed by atoms with Gasteiger partial charge >= 0.3 is 0 Å². The molecule has 1 aliphatic rings. The first-order valence-electron chi connectivity index (χ1n) is 7.53. The van der Waals surface area contributed by atoms with Crippen LogP contribution in [0, 0.1) is 0 Å². The molecule has 4 nitrogen and oxygen atoms in total. The first kappa shape index (κ1) is 15.1. The van der Waals surface area contributed by atoms with Crippen LogP contribution in [0.1, 0.15) is 6.42 Å². The molecule has 1 saturated heterocycles. The quantitative estimate of drug-likeness (QED) is 0.874. The van der Waals surface area contributed by atoms with Crippen LogP contribution >= 0.6 is 0 Å². The van der Waals surface area contributed by atoms with Crippen molar-refractivity contribution in [2.45, 2.75) is 11.3 Å². The molecular weight excluding hydrogens is 296 g/mol. The number of hydrogen-bond donors (Lipinski definition) is 0. The van der Waals surface area contributed by atoms with Gasteiger partial charge in [0, 0.05) is 31.9 Å². The van der Waals surface area contributed by atoms with Crippen LogP contribution in [0.5, 0.6) is 0 Å². The van der Waals surface area contributed by atoms with Gasteiger partial charge < -0.3 is 4.90 Å². The fraction of sp³-hybridized carbons (Fsp3) is 0.294. The smallest absolute Gasteiger partial charge is 0.243 e. The standard InChI is InChI=1S/C17H20N2O2S/c20-22(21,17-10-5-2-6-11-17)19-13-7-12-18(14-15-19)16-8-3-1-4-9-16/h1-6,8-11H,7,12-15H2. The van der Waals surface area contributed by atoms with Gasteiger partial charge in [-0.05, 0) is 30.7 Å². The summed E-state index contributed by atoms with van der Waals surface area (Å²) in [5.41, 5.74) is 1.15. The lowest BCUT2D eigenvalue weighted by Gasteiger charge is -2.23. The van der Waals surface area contributed by atoms with Gasteiger partial charge in [-0.25, -0.2) is 8.42 Å². The maximum Gasteiger partial charge on any atom is 0.243 e. The van der Waals surface area contributed by atoms with Crippen LogP contribution in [0.3, 0.4) is 0 Å². The highest BCUT2D eigenvalue weighted by Crippen LogP contribution is 2.20. The third kappa shape index (κ3) is 3.15. The molecule has 3 rings (SSSR count). The Morgan fingerprint density at radius 2 is 1.36 bits per heavy atom. The molecule has 2 aromatic rings. The van der Waals surface area contributed by atoms with Crippen molar-refractivity contribution in [3.63, 3.8) is 0 Å². The topological polar surface area (TPSA) is 40.6 Å². The number of sulfonamides is 1. The molecule has 116 valence electrons. The van der Waals surface area contributed by atoms with E-state index in [2.05, 4.69) is 17.0 Å². The number of hydrogen-bond acceptors (Lipinski definition) is 3. The van der Waals surface area contributed by atoms with Crippen LogP contribution in [-0.4, -0.2) is 38.9 Å². The van der Waals surface area contributed by atoms with E-state index in [1.165, 1.54) is 0 Å². The van der Waals surface area contributed by atoms with Gasteiger partial charge in [0.2, 0.25) is 10.0 Å². The van der Waals surface area contributed by atoms with Crippen molar-refractivity contribution in [3.05, 3.63) is 60.7 Å². The summed E-state index contributed by atoms with van der Waals surface area (Å²) >= 11 is 0. The van der Waals surface area contributed by atoms with Crippen molar-refractivity contribution < 1.29 is 8.42 Å². The lowest BCUT2D eigenvalue weighted by molar-refractivity contribution is 0.433. The van der Waals surface area contributed by atoms with Crippen molar-refractivity contribution >= 4 is 15.7 Å². The fourth-order valence-electron chi connectivity index (χ4n) is 2.77. The summed E-state index contributed by atoms with van der Waals surface area (Å²) in [5, 5.41) is 0. The Morgan fingerprint density at radius 1 is 0.727 bits per heavy atom. The monoisotopic (exact) mass is 316 g/mol. The van der Waals surface area contributed by atoms with Crippen molar-refractivity contribution in [2.24, 2.45) is 0 Å². The van der Waals surface area contributed by atoms with E-state index in [0.29, 0.717) is 18.0 Å². The van der Waals surface area contributed by atoms with Gasteiger partial charge in [0.1, 0.15) is 0 Å². The highest BCUT2D eigenvalue weighted by Gasteiger charge is 2.26. The summed E-state index contributed by atoms with van der Waals surface area (Å²) in [6.45, 7) is 2.69. The lowest BCUT2D eigenvalue weighted by atomic mass is 10.3. The maximum absolute atomic E-state index is 12.7. The van der Waals surface area contributed by atoms with Crippen molar-refractivity contribution in [2.75, 3.05) is 31.1 Å². The zero-order valence-electron chi connectivity index (χ0n) is 12.4. The largest absolute Gasteiger partial charge is 0.370 e. The van der Waals surface area contributed by atoms with Gasteiger partial charge in [-0.3, -0.25) is 0 Å². The molecule has 0 N–H and O–H groups in total. The molecule has 2 aromatic carbocycles. The van der Waals surface area contributed by atoms with Gasteiger partial charge in [0.05, 0.1) is 4.90 Å². The molecule has 1 aliphatic heterocycles. The highest BCUT2D eigenvalue weighted by molar-refractivity contribution is 7.89. The predicted molar refractivity (Wildman–Crippen MR) is 88.5 cm³/mol. The van der Waals surface area contributed by atoms with Gasteiger partial charge in [0.25, 0.3) is 0 Å². The molecule has 0 aliphatic carbocycles. The van der Waals surface area contributed by atoms with Crippen LogP contribution in [0.15, 0.2) is 65.6 Å². The second-order valence-corrected chi connectivity index (χ2v) is 7.33. The van der Waals surface area contributed by atoms with Gasteiger partial charge in [0.15, 0.2) is 0 Å². The van der Waals surface area contributed by atoms with E-state index in [0.717, 1.165) is 25.2 Å². The van der Waals surface area contributed by atoms with Crippen LogP contribution < -0.4 is 4.90 Å². The Bertz CT molecular complexity index is 702.